The van der Waals surface area contributed by atoms with Gasteiger partial charge in [-0.2, -0.15) is 0 Å². The van der Waals surface area contributed by atoms with Gasteiger partial charge in [0.15, 0.2) is 0 Å². The Balaban J connectivity index is 1.15. The number of ether oxygens (including phenoxy) is 2. The second-order valence-corrected chi connectivity index (χ2v) is 11.8. The summed E-state index contributed by atoms with van der Waals surface area (Å²) in [5.74, 6) is 2.37. The minimum atomic E-state index is -0.0368. The van der Waals surface area contributed by atoms with Crippen LogP contribution in [0, 0.1) is 25.7 Å². The average molecular weight is 547 g/mol. The highest BCUT2D eigenvalue weighted by atomic mass is 16.5. The Labute approximate surface area is 236 Å². The monoisotopic (exact) mass is 546 g/mol. The molecule has 2 aromatic heterocycles. The Kier molecular flexibility index (Phi) is 7.79. The van der Waals surface area contributed by atoms with Gasteiger partial charge in [0.25, 0.3) is 0 Å². The van der Waals surface area contributed by atoms with Crippen molar-refractivity contribution < 1.29 is 14.3 Å². The molecule has 1 amide bonds. The van der Waals surface area contributed by atoms with Crippen LogP contribution >= 0.6 is 0 Å². The van der Waals surface area contributed by atoms with E-state index in [1.165, 1.54) is 11.1 Å². The van der Waals surface area contributed by atoms with E-state index in [0.29, 0.717) is 18.4 Å². The minimum Gasteiger partial charge on any atom is -0.383 e. The Morgan fingerprint density at radius 2 is 1.95 bits per heavy atom. The number of aryl methyl sites for hydroxylation is 2. The Morgan fingerprint density at radius 3 is 2.70 bits per heavy atom. The number of benzene rings is 1. The number of fused-ring (bicyclic) bond motifs is 3. The number of hydrogen-bond acceptors (Lipinski definition) is 7. The second kappa shape index (κ2) is 11.5. The van der Waals surface area contributed by atoms with Crippen LogP contribution in [-0.2, 0) is 20.8 Å². The highest BCUT2D eigenvalue weighted by Crippen LogP contribution is 2.40. The van der Waals surface area contributed by atoms with E-state index in [1.807, 2.05) is 11.8 Å². The van der Waals surface area contributed by atoms with Crippen LogP contribution in [-0.4, -0.2) is 83.3 Å². The maximum atomic E-state index is 13.2. The Morgan fingerprint density at radius 1 is 1.15 bits per heavy atom. The lowest BCUT2D eigenvalue weighted by Gasteiger charge is -2.46. The van der Waals surface area contributed by atoms with Crippen LogP contribution in [0.15, 0.2) is 30.3 Å². The maximum absolute atomic E-state index is 13.2. The zero-order valence-corrected chi connectivity index (χ0v) is 24.2. The van der Waals surface area contributed by atoms with E-state index in [2.05, 4.69) is 59.0 Å². The van der Waals surface area contributed by atoms with Crippen molar-refractivity contribution in [3.8, 4) is 0 Å². The van der Waals surface area contributed by atoms with Crippen LogP contribution < -0.4 is 5.32 Å². The fourth-order valence-electron chi connectivity index (χ4n) is 6.56. The van der Waals surface area contributed by atoms with Gasteiger partial charge in [0.05, 0.1) is 18.6 Å². The molecule has 40 heavy (non-hydrogen) atoms. The van der Waals surface area contributed by atoms with Gasteiger partial charge in [-0.3, -0.25) is 4.79 Å². The molecule has 3 aliphatic rings. The number of aromatic nitrogens is 3. The van der Waals surface area contributed by atoms with Crippen LogP contribution in [0.2, 0.25) is 0 Å². The smallest absolute Gasteiger partial charge is 0.225 e. The van der Waals surface area contributed by atoms with Crippen LogP contribution in [0.25, 0.3) is 11.0 Å². The first-order valence-electron chi connectivity index (χ1n) is 14.7. The van der Waals surface area contributed by atoms with Crippen molar-refractivity contribution in [2.45, 2.75) is 52.3 Å². The highest BCUT2D eigenvalue weighted by molar-refractivity contribution is 5.89. The molecule has 3 aliphatic heterocycles. The summed E-state index contributed by atoms with van der Waals surface area (Å²) in [7, 11) is 1.74. The van der Waals surface area contributed by atoms with Gasteiger partial charge >= 0.3 is 0 Å². The fraction of sp³-hybridized carbons (Fsp3) is 0.581. The summed E-state index contributed by atoms with van der Waals surface area (Å²) in [5.41, 5.74) is 4.59. The normalized spacial score (nSPS) is 21.3. The molecule has 5 heterocycles. The number of carbonyl (C=O) groups is 1. The maximum Gasteiger partial charge on any atom is 0.225 e. The average Bonchev–Trinajstić information content (AvgIpc) is 3.31. The number of piperidine rings is 1. The quantitative estimate of drug-likeness (QED) is 0.455. The first-order valence-corrected chi connectivity index (χ1v) is 14.7. The van der Waals surface area contributed by atoms with E-state index < -0.39 is 0 Å². The summed E-state index contributed by atoms with van der Waals surface area (Å²) in [4.78, 5) is 27.4. The van der Waals surface area contributed by atoms with Gasteiger partial charge < -0.3 is 29.2 Å². The molecule has 0 spiro atoms. The topological polar surface area (TPSA) is 84.8 Å². The van der Waals surface area contributed by atoms with Crippen molar-refractivity contribution in [2.24, 2.45) is 11.8 Å². The molecule has 3 aromatic rings. The molecule has 9 nitrogen and oxygen atoms in total. The Hall–Kier alpha value is -3.01. The van der Waals surface area contributed by atoms with Gasteiger partial charge in [0.1, 0.15) is 23.4 Å². The molecule has 2 saturated heterocycles. The van der Waals surface area contributed by atoms with Gasteiger partial charge in [0, 0.05) is 56.9 Å². The second-order valence-electron chi connectivity index (χ2n) is 11.8. The predicted molar refractivity (Wildman–Crippen MR) is 155 cm³/mol. The molecule has 6 rings (SSSR count). The van der Waals surface area contributed by atoms with Crippen LogP contribution in [0.5, 0.6) is 0 Å². The molecule has 1 unspecified atom stereocenters. The number of amides is 1. The van der Waals surface area contributed by atoms with E-state index in [9.17, 15) is 4.79 Å². The largest absolute Gasteiger partial charge is 0.383 e. The Bertz CT molecular complexity index is 1360. The summed E-state index contributed by atoms with van der Waals surface area (Å²) in [6.45, 7) is 12.8. The number of hydrogen-bond donors (Lipinski definition) is 1. The zero-order chi connectivity index (χ0) is 27.8. The lowest BCUT2D eigenvalue weighted by Crippen LogP contribution is -2.55. The molecule has 9 heteroatoms. The van der Waals surface area contributed by atoms with Crippen LogP contribution in [0.4, 0.5) is 5.82 Å². The lowest BCUT2D eigenvalue weighted by atomic mass is 9.87. The van der Waals surface area contributed by atoms with E-state index >= 15 is 0 Å². The fourth-order valence-corrected chi connectivity index (χ4v) is 6.56. The molecule has 214 valence electrons. The van der Waals surface area contributed by atoms with Gasteiger partial charge in [-0.05, 0) is 58.3 Å². The zero-order valence-electron chi connectivity index (χ0n) is 24.2. The molecular formula is C31H42N6O3. The van der Waals surface area contributed by atoms with Crippen molar-refractivity contribution in [3.05, 3.63) is 53.0 Å². The molecule has 0 saturated carbocycles. The van der Waals surface area contributed by atoms with E-state index in [4.69, 9.17) is 19.4 Å². The van der Waals surface area contributed by atoms with Gasteiger partial charge in [-0.25, -0.2) is 9.97 Å². The first kappa shape index (κ1) is 27.2. The summed E-state index contributed by atoms with van der Waals surface area (Å²) in [6.07, 6.45) is 1.84. The number of nitrogens with one attached hydrogen (secondary N) is 1. The molecule has 1 N–H and O–H groups in total. The molecule has 0 aliphatic carbocycles. The van der Waals surface area contributed by atoms with E-state index in [-0.39, 0.29) is 18.1 Å². The minimum absolute atomic E-state index is 0.0368. The summed E-state index contributed by atoms with van der Waals surface area (Å²) >= 11 is 0. The molecular weight excluding hydrogens is 504 g/mol. The molecule has 2 fully saturated rings. The van der Waals surface area contributed by atoms with Crippen molar-refractivity contribution >= 4 is 22.8 Å². The molecule has 0 bridgehead atoms. The molecule has 1 aromatic carbocycles. The molecule has 2 atom stereocenters. The summed E-state index contributed by atoms with van der Waals surface area (Å²) < 4.78 is 13.9. The van der Waals surface area contributed by atoms with Gasteiger partial charge in [-0.15, -0.1) is 0 Å². The first-order chi connectivity index (χ1) is 19.4. The number of carbonyl (C=O) groups excluding carboxylic acids is 1. The van der Waals surface area contributed by atoms with Crippen LogP contribution in [0.1, 0.15) is 54.6 Å². The van der Waals surface area contributed by atoms with Gasteiger partial charge in [0.2, 0.25) is 5.91 Å². The number of methoxy groups -OCH3 is 1. The standard InChI is InChI=1S/C31H42N6O3/c1-20-6-5-7-24(16-20)21(2)32-29-26-17-27-28(40-15-13-37(27)30(26)34-22(3)33-29)25-18-36(19-25)31(38)23-8-10-35(11-9-23)12-14-39-4/h5-7,16-17,21,23,25,28H,8-15,18-19H2,1-4H3,(H,32,33,34)/t21-,28?/m1/s1. The highest BCUT2D eigenvalue weighted by Gasteiger charge is 2.42. The number of rotatable bonds is 8. The molecule has 0 radical (unpaired) electrons. The van der Waals surface area contributed by atoms with E-state index in [1.54, 1.807) is 7.11 Å². The SMILES string of the molecule is COCCN1CCC(C(=O)N2CC(C3OCCn4c3cc3c(N[C@H](C)c5cccc(C)c5)nc(C)nc34)C2)CC1. The van der Waals surface area contributed by atoms with Crippen molar-refractivity contribution in [1.29, 1.82) is 0 Å². The summed E-state index contributed by atoms with van der Waals surface area (Å²) in [6, 6.07) is 10.9. The van der Waals surface area contributed by atoms with Gasteiger partial charge in [-0.1, -0.05) is 29.8 Å². The van der Waals surface area contributed by atoms with E-state index in [0.717, 1.165) is 87.1 Å². The third-order valence-electron chi connectivity index (χ3n) is 8.89. The van der Waals surface area contributed by atoms with Crippen molar-refractivity contribution in [1.82, 2.24) is 24.3 Å². The van der Waals surface area contributed by atoms with Crippen molar-refractivity contribution in [2.75, 3.05) is 58.4 Å². The number of likely N-dealkylation sites (tertiary alicyclic amines) is 2. The lowest BCUT2D eigenvalue weighted by molar-refractivity contribution is -0.149. The summed E-state index contributed by atoms with van der Waals surface area (Å²) in [5, 5.41) is 4.69. The predicted octanol–water partition coefficient (Wildman–Crippen LogP) is 4.11. The number of nitrogens with zero attached hydrogens (tertiary/aromatic N) is 5. The third-order valence-corrected chi connectivity index (χ3v) is 8.89. The van der Waals surface area contributed by atoms with Crippen LogP contribution in [0.3, 0.4) is 0 Å². The number of anilines is 1. The van der Waals surface area contributed by atoms with Crippen molar-refractivity contribution in [3.63, 3.8) is 0 Å². The third kappa shape index (κ3) is 5.34.